The van der Waals surface area contributed by atoms with Crippen molar-refractivity contribution >= 4 is 23.4 Å². The van der Waals surface area contributed by atoms with Crippen LogP contribution in [0.25, 0.3) is 0 Å². The summed E-state index contributed by atoms with van der Waals surface area (Å²) >= 11 is 0. The van der Waals surface area contributed by atoms with Crippen molar-refractivity contribution in [1.29, 1.82) is 0 Å². The highest BCUT2D eigenvalue weighted by Gasteiger charge is 2.26. The molecule has 2 saturated heterocycles. The van der Waals surface area contributed by atoms with Crippen LogP contribution in [0.1, 0.15) is 17.3 Å². The number of morpholine rings is 1. The number of ether oxygens (including phenoxy) is 1. The van der Waals surface area contributed by atoms with E-state index in [2.05, 4.69) is 10.2 Å². The van der Waals surface area contributed by atoms with Crippen LogP contribution in [0.15, 0.2) is 24.3 Å². The predicted molar refractivity (Wildman–Crippen MR) is 100 cm³/mol. The van der Waals surface area contributed by atoms with Gasteiger partial charge in [0.15, 0.2) is 0 Å². The number of hydrogen-bond acceptors (Lipinski definition) is 5. The van der Waals surface area contributed by atoms with E-state index in [1.807, 2.05) is 4.90 Å². The number of piperazine rings is 1. The predicted octanol–water partition coefficient (Wildman–Crippen LogP) is 0.262. The molecule has 8 heteroatoms. The Balaban J connectivity index is 1.48. The molecule has 146 valence electrons. The third kappa shape index (κ3) is 5.27. The Morgan fingerprint density at radius 2 is 1.52 bits per heavy atom. The van der Waals surface area contributed by atoms with Gasteiger partial charge in [0, 0.05) is 57.4 Å². The van der Waals surface area contributed by atoms with E-state index in [-0.39, 0.29) is 17.7 Å². The van der Waals surface area contributed by atoms with Crippen LogP contribution in [-0.4, -0.2) is 91.4 Å². The molecule has 1 aromatic carbocycles. The van der Waals surface area contributed by atoms with Crippen LogP contribution in [0.4, 0.5) is 5.69 Å². The van der Waals surface area contributed by atoms with E-state index >= 15 is 0 Å². The van der Waals surface area contributed by atoms with Crippen LogP contribution in [-0.2, 0) is 14.3 Å². The minimum absolute atomic E-state index is 0.0512. The minimum Gasteiger partial charge on any atom is -0.379 e. The second-order valence-electron chi connectivity index (χ2n) is 6.82. The Hall–Kier alpha value is -2.45. The van der Waals surface area contributed by atoms with Crippen LogP contribution in [0.3, 0.4) is 0 Å². The van der Waals surface area contributed by atoms with Gasteiger partial charge >= 0.3 is 0 Å². The van der Waals surface area contributed by atoms with E-state index in [0.29, 0.717) is 57.2 Å². The highest BCUT2D eigenvalue weighted by molar-refractivity contribution is 5.95. The third-order valence-electron chi connectivity index (χ3n) is 4.83. The van der Waals surface area contributed by atoms with Crippen LogP contribution in [0.2, 0.25) is 0 Å². The Morgan fingerprint density at radius 3 is 2.11 bits per heavy atom. The molecular weight excluding hydrogens is 348 g/mol. The lowest BCUT2D eigenvalue weighted by Gasteiger charge is -2.36. The largest absolute Gasteiger partial charge is 0.379 e. The zero-order valence-electron chi connectivity index (χ0n) is 15.6. The quantitative estimate of drug-likeness (QED) is 0.818. The normalized spacial score (nSPS) is 18.3. The summed E-state index contributed by atoms with van der Waals surface area (Å²) in [6, 6.07) is 6.86. The average molecular weight is 374 g/mol. The molecule has 0 aromatic heterocycles. The molecule has 0 aliphatic carbocycles. The van der Waals surface area contributed by atoms with Crippen LogP contribution in [0, 0.1) is 0 Å². The molecule has 0 bridgehead atoms. The maximum absolute atomic E-state index is 12.6. The SMILES string of the molecule is CC(=O)Nc1ccc(C(=O)N2CCN(C(=O)CN3CCOCC3)CC2)cc1. The topological polar surface area (TPSA) is 82.2 Å². The van der Waals surface area contributed by atoms with Gasteiger partial charge in [-0.1, -0.05) is 0 Å². The van der Waals surface area contributed by atoms with Gasteiger partial charge in [-0.05, 0) is 24.3 Å². The maximum Gasteiger partial charge on any atom is 0.253 e. The summed E-state index contributed by atoms with van der Waals surface area (Å²) in [5.41, 5.74) is 1.25. The van der Waals surface area contributed by atoms with Gasteiger partial charge in [-0.25, -0.2) is 0 Å². The fourth-order valence-corrected chi connectivity index (χ4v) is 3.29. The molecule has 8 nitrogen and oxygen atoms in total. The van der Waals surface area contributed by atoms with Crippen LogP contribution in [0.5, 0.6) is 0 Å². The Kier molecular flexibility index (Phi) is 6.41. The molecule has 2 heterocycles. The van der Waals surface area contributed by atoms with Crippen molar-refractivity contribution in [3.05, 3.63) is 29.8 Å². The number of anilines is 1. The lowest BCUT2D eigenvalue weighted by Crippen LogP contribution is -2.53. The zero-order chi connectivity index (χ0) is 19.2. The number of amides is 3. The molecule has 2 fully saturated rings. The van der Waals surface area contributed by atoms with E-state index < -0.39 is 0 Å². The van der Waals surface area contributed by atoms with Gasteiger partial charge in [0.25, 0.3) is 5.91 Å². The van der Waals surface area contributed by atoms with Gasteiger partial charge in [0.05, 0.1) is 19.8 Å². The van der Waals surface area contributed by atoms with Gasteiger partial charge in [0.1, 0.15) is 0 Å². The van der Waals surface area contributed by atoms with Gasteiger partial charge in [-0.15, -0.1) is 0 Å². The molecule has 0 atom stereocenters. The first-order chi connectivity index (χ1) is 13.0. The number of carbonyl (C=O) groups is 3. The van der Waals surface area contributed by atoms with Crippen molar-refractivity contribution in [3.8, 4) is 0 Å². The molecule has 27 heavy (non-hydrogen) atoms. The Labute approximate surface area is 159 Å². The fourth-order valence-electron chi connectivity index (χ4n) is 3.29. The van der Waals surface area contributed by atoms with E-state index in [9.17, 15) is 14.4 Å². The van der Waals surface area contributed by atoms with Gasteiger partial charge in [-0.2, -0.15) is 0 Å². The van der Waals surface area contributed by atoms with E-state index in [0.717, 1.165) is 13.1 Å². The summed E-state index contributed by atoms with van der Waals surface area (Å²) in [7, 11) is 0. The first-order valence-electron chi connectivity index (χ1n) is 9.28. The summed E-state index contributed by atoms with van der Waals surface area (Å²) in [6.45, 7) is 6.96. The van der Waals surface area contributed by atoms with Crippen molar-refractivity contribution in [3.63, 3.8) is 0 Å². The Morgan fingerprint density at radius 1 is 0.926 bits per heavy atom. The highest BCUT2D eigenvalue weighted by Crippen LogP contribution is 2.13. The van der Waals surface area contributed by atoms with Gasteiger partial charge in [-0.3, -0.25) is 19.3 Å². The lowest BCUT2D eigenvalue weighted by molar-refractivity contribution is -0.134. The highest BCUT2D eigenvalue weighted by atomic mass is 16.5. The fraction of sp³-hybridized carbons (Fsp3) is 0.526. The van der Waals surface area contributed by atoms with E-state index in [4.69, 9.17) is 4.74 Å². The summed E-state index contributed by atoms with van der Waals surface area (Å²) in [5.74, 6) is -0.0831. The average Bonchev–Trinajstić information content (AvgIpc) is 2.68. The van der Waals surface area contributed by atoms with Crippen molar-refractivity contribution in [2.75, 3.05) is 64.3 Å². The third-order valence-corrected chi connectivity index (χ3v) is 4.83. The van der Waals surface area contributed by atoms with Crippen molar-refractivity contribution in [2.24, 2.45) is 0 Å². The molecule has 2 aliphatic rings. The van der Waals surface area contributed by atoms with Crippen molar-refractivity contribution < 1.29 is 19.1 Å². The van der Waals surface area contributed by atoms with Crippen LogP contribution < -0.4 is 5.32 Å². The zero-order valence-corrected chi connectivity index (χ0v) is 15.6. The molecule has 0 saturated carbocycles. The first-order valence-corrected chi connectivity index (χ1v) is 9.28. The number of hydrogen-bond donors (Lipinski definition) is 1. The molecule has 2 aliphatic heterocycles. The molecule has 0 spiro atoms. The molecule has 3 amide bonds. The molecular formula is C19H26N4O4. The summed E-state index contributed by atoms with van der Waals surface area (Å²) in [6.07, 6.45) is 0. The lowest BCUT2D eigenvalue weighted by atomic mass is 10.1. The van der Waals surface area contributed by atoms with Crippen LogP contribution >= 0.6 is 0 Å². The van der Waals surface area contributed by atoms with Gasteiger partial charge in [0.2, 0.25) is 11.8 Å². The first kappa shape index (κ1) is 19.3. The molecule has 3 rings (SSSR count). The van der Waals surface area contributed by atoms with E-state index in [1.165, 1.54) is 6.92 Å². The molecule has 0 unspecified atom stereocenters. The number of nitrogens with one attached hydrogen (secondary N) is 1. The standard InChI is InChI=1S/C19H26N4O4/c1-15(24)20-17-4-2-16(3-5-17)19(26)23-8-6-22(7-9-23)18(25)14-21-10-12-27-13-11-21/h2-5H,6-14H2,1H3,(H,20,24). The summed E-state index contributed by atoms with van der Waals surface area (Å²) in [5, 5.41) is 2.68. The molecule has 1 N–H and O–H groups in total. The minimum atomic E-state index is -0.146. The summed E-state index contributed by atoms with van der Waals surface area (Å²) < 4.78 is 5.30. The number of carbonyl (C=O) groups excluding carboxylic acids is 3. The maximum atomic E-state index is 12.6. The number of rotatable bonds is 4. The number of nitrogens with zero attached hydrogens (tertiary/aromatic N) is 3. The smallest absolute Gasteiger partial charge is 0.253 e. The number of benzene rings is 1. The van der Waals surface area contributed by atoms with Crippen molar-refractivity contribution in [1.82, 2.24) is 14.7 Å². The van der Waals surface area contributed by atoms with Gasteiger partial charge < -0.3 is 19.9 Å². The van der Waals surface area contributed by atoms with Crippen molar-refractivity contribution in [2.45, 2.75) is 6.92 Å². The van der Waals surface area contributed by atoms with E-state index in [1.54, 1.807) is 29.2 Å². The molecule has 1 aromatic rings. The second kappa shape index (κ2) is 8.96. The Bertz CT molecular complexity index is 677. The monoisotopic (exact) mass is 374 g/mol. The summed E-state index contributed by atoms with van der Waals surface area (Å²) in [4.78, 5) is 41.9. The second-order valence-corrected chi connectivity index (χ2v) is 6.82. The molecule has 0 radical (unpaired) electrons.